The van der Waals surface area contributed by atoms with Gasteiger partial charge in [-0.25, -0.2) is 4.98 Å². The summed E-state index contributed by atoms with van der Waals surface area (Å²) in [5.41, 5.74) is 2.08. The van der Waals surface area contributed by atoms with Crippen LogP contribution in [0.4, 0.5) is 5.69 Å². The fraction of sp³-hybridized carbons (Fsp3) is 0.542. The average Bonchev–Trinajstić information content (AvgIpc) is 3.25. The maximum Gasteiger partial charge on any atom is 0.273 e. The van der Waals surface area contributed by atoms with E-state index in [9.17, 15) is 9.59 Å². The number of nitrogens with zero attached hydrogens (tertiary/aromatic N) is 2. The molecule has 7 heteroatoms. The van der Waals surface area contributed by atoms with Gasteiger partial charge in [-0.1, -0.05) is 46.1 Å². The fourth-order valence-electron chi connectivity index (χ4n) is 4.13. The molecule has 1 saturated carbocycles. The van der Waals surface area contributed by atoms with Crippen molar-refractivity contribution in [3.63, 3.8) is 0 Å². The van der Waals surface area contributed by atoms with Crippen LogP contribution in [0.25, 0.3) is 0 Å². The smallest absolute Gasteiger partial charge is 0.273 e. The van der Waals surface area contributed by atoms with E-state index >= 15 is 0 Å². The first kappa shape index (κ1) is 21.4. The van der Waals surface area contributed by atoms with Crippen molar-refractivity contribution in [2.24, 2.45) is 0 Å². The van der Waals surface area contributed by atoms with E-state index in [1.807, 2.05) is 12.1 Å². The minimum atomic E-state index is -0.220. The van der Waals surface area contributed by atoms with Crippen LogP contribution in [-0.2, 0) is 16.8 Å². The molecule has 0 unspecified atom stereocenters. The highest BCUT2D eigenvalue weighted by Crippen LogP contribution is 2.38. The van der Waals surface area contributed by atoms with Gasteiger partial charge in [0.05, 0.1) is 5.69 Å². The Bertz CT molecular complexity index is 959. The van der Waals surface area contributed by atoms with Crippen LogP contribution in [0, 0.1) is 0 Å². The van der Waals surface area contributed by atoms with Gasteiger partial charge in [0.2, 0.25) is 5.89 Å². The Morgan fingerprint density at radius 3 is 2.77 bits per heavy atom. The Morgan fingerprint density at radius 1 is 1.26 bits per heavy atom. The lowest BCUT2D eigenvalue weighted by Crippen LogP contribution is -2.38. The molecule has 2 aromatic rings. The Kier molecular flexibility index (Phi) is 6.03. The molecule has 31 heavy (non-hydrogen) atoms. The van der Waals surface area contributed by atoms with E-state index < -0.39 is 0 Å². The summed E-state index contributed by atoms with van der Waals surface area (Å²) in [5.74, 6) is 0.611. The highest BCUT2D eigenvalue weighted by atomic mass is 16.5. The van der Waals surface area contributed by atoms with Crippen molar-refractivity contribution in [2.45, 2.75) is 77.3 Å². The molecule has 0 spiro atoms. The number of carbonyl (C=O) groups is 2. The number of rotatable bonds is 6. The number of aromatic nitrogens is 1. The quantitative estimate of drug-likeness (QED) is 0.744. The standard InChI is InChI=1S/C24H31N3O4/c1-4-24(2,3)16-10-11-20-19(12-16)27(22(28)15-30-20)13-21-26-18(14-31-21)23(29)25-17-8-6-5-7-9-17/h10-12,14,17H,4-9,13,15H2,1-3H3,(H,25,29). The van der Waals surface area contributed by atoms with Crippen molar-refractivity contribution in [1.82, 2.24) is 10.3 Å². The van der Waals surface area contributed by atoms with E-state index in [2.05, 4.69) is 37.1 Å². The van der Waals surface area contributed by atoms with Crippen LogP contribution in [0.2, 0.25) is 0 Å². The average molecular weight is 426 g/mol. The van der Waals surface area contributed by atoms with Crippen molar-refractivity contribution in [2.75, 3.05) is 11.5 Å². The Labute approximate surface area is 183 Å². The molecular weight excluding hydrogens is 394 g/mol. The van der Waals surface area contributed by atoms with Gasteiger partial charge in [0.1, 0.15) is 18.6 Å². The van der Waals surface area contributed by atoms with E-state index in [4.69, 9.17) is 9.15 Å². The molecule has 1 aliphatic heterocycles. The van der Waals surface area contributed by atoms with Gasteiger partial charge < -0.3 is 14.5 Å². The number of fused-ring (bicyclic) bond motifs is 1. The number of nitrogens with one attached hydrogen (secondary N) is 1. The van der Waals surface area contributed by atoms with Gasteiger partial charge in [0, 0.05) is 6.04 Å². The maximum absolute atomic E-state index is 12.6. The first-order valence-corrected chi connectivity index (χ1v) is 11.2. The van der Waals surface area contributed by atoms with E-state index in [1.165, 1.54) is 12.7 Å². The molecule has 1 aromatic carbocycles. The summed E-state index contributed by atoms with van der Waals surface area (Å²) in [6.45, 7) is 6.62. The first-order valence-electron chi connectivity index (χ1n) is 11.2. The fourth-order valence-corrected chi connectivity index (χ4v) is 4.13. The zero-order valence-corrected chi connectivity index (χ0v) is 18.6. The van der Waals surface area contributed by atoms with Gasteiger partial charge in [-0.15, -0.1) is 0 Å². The number of carbonyl (C=O) groups excluding carboxylic acids is 2. The second kappa shape index (κ2) is 8.73. The van der Waals surface area contributed by atoms with Crippen LogP contribution < -0.4 is 15.0 Å². The molecule has 1 aromatic heterocycles. The number of anilines is 1. The summed E-state index contributed by atoms with van der Waals surface area (Å²) < 4.78 is 11.2. The third kappa shape index (κ3) is 4.60. The molecule has 0 atom stereocenters. The monoisotopic (exact) mass is 425 g/mol. The molecule has 1 fully saturated rings. The number of amides is 2. The van der Waals surface area contributed by atoms with E-state index in [1.54, 1.807) is 4.90 Å². The predicted molar refractivity (Wildman–Crippen MR) is 117 cm³/mol. The van der Waals surface area contributed by atoms with Crippen LogP contribution in [0.15, 0.2) is 28.9 Å². The van der Waals surface area contributed by atoms with Crippen molar-refractivity contribution in [3.8, 4) is 5.75 Å². The number of hydrogen-bond donors (Lipinski definition) is 1. The van der Waals surface area contributed by atoms with Crippen molar-refractivity contribution >= 4 is 17.5 Å². The second-order valence-corrected chi connectivity index (χ2v) is 9.12. The molecule has 0 bridgehead atoms. The normalized spacial score (nSPS) is 17.3. The molecule has 2 heterocycles. The van der Waals surface area contributed by atoms with Crippen molar-refractivity contribution < 1.29 is 18.7 Å². The van der Waals surface area contributed by atoms with Crippen LogP contribution in [0.1, 0.15) is 81.2 Å². The third-order valence-corrected chi connectivity index (χ3v) is 6.59. The molecule has 4 rings (SSSR count). The minimum Gasteiger partial charge on any atom is -0.482 e. The molecular formula is C24H31N3O4. The van der Waals surface area contributed by atoms with Crippen LogP contribution in [-0.4, -0.2) is 29.4 Å². The van der Waals surface area contributed by atoms with Gasteiger partial charge in [-0.3, -0.25) is 14.5 Å². The summed E-state index contributed by atoms with van der Waals surface area (Å²) in [5, 5.41) is 3.05. The molecule has 2 aliphatic rings. The van der Waals surface area contributed by atoms with E-state index in [0.717, 1.165) is 37.7 Å². The third-order valence-electron chi connectivity index (χ3n) is 6.59. The minimum absolute atomic E-state index is 0.0193. The number of benzene rings is 1. The number of oxazole rings is 1. The van der Waals surface area contributed by atoms with Gasteiger partial charge in [-0.2, -0.15) is 0 Å². The molecule has 7 nitrogen and oxygen atoms in total. The maximum atomic E-state index is 12.6. The first-order chi connectivity index (χ1) is 14.9. The Balaban J connectivity index is 1.51. The zero-order chi connectivity index (χ0) is 22.0. The largest absolute Gasteiger partial charge is 0.482 e. The van der Waals surface area contributed by atoms with E-state index in [0.29, 0.717) is 17.3 Å². The van der Waals surface area contributed by atoms with Gasteiger partial charge in [-0.05, 0) is 42.4 Å². The zero-order valence-electron chi connectivity index (χ0n) is 18.6. The Morgan fingerprint density at radius 2 is 2.03 bits per heavy atom. The van der Waals surface area contributed by atoms with Gasteiger partial charge in [0.15, 0.2) is 12.3 Å². The number of hydrogen-bond acceptors (Lipinski definition) is 5. The van der Waals surface area contributed by atoms with Gasteiger partial charge >= 0.3 is 0 Å². The molecule has 0 saturated heterocycles. The summed E-state index contributed by atoms with van der Waals surface area (Å²) in [7, 11) is 0. The lowest BCUT2D eigenvalue weighted by atomic mass is 9.82. The lowest BCUT2D eigenvalue weighted by Gasteiger charge is -2.31. The second-order valence-electron chi connectivity index (χ2n) is 9.12. The van der Waals surface area contributed by atoms with Crippen LogP contribution in [0.3, 0.4) is 0 Å². The summed E-state index contributed by atoms with van der Waals surface area (Å²) in [6.07, 6.45) is 7.87. The van der Waals surface area contributed by atoms with Gasteiger partial charge in [0.25, 0.3) is 11.8 Å². The molecule has 1 aliphatic carbocycles. The highest BCUT2D eigenvalue weighted by molar-refractivity contribution is 5.98. The lowest BCUT2D eigenvalue weighted by molar-refractivity contribution is -0.121. The molecule has 0 radical (unpaired) electrons. The van der Waals surface area contributed by atoms with Crippen LogP contribution >= 0.6 is 0 Å². The van der Waals surface area contributed by atoms with Crippen molar-refractivity contribution in [1.29, 1.82) is 0 Å². The van der Waals surface area contributed by atoms with Crippen molar-refractivity contribution in [3.05, 3.63) is 41.6 Å². The molecule has 2 amide bonds. The number of ether oxygens (including phenoxy) is 1. The topological polar surface area (TPSA) is 84.7 Å². The van der Waals surface area contributed by atoms with Crippen LogP contribution in [0.5, 0.6) is 5.75 Å². The summed E-state index contributed by atoms with van der Waals surface area (Å²) in [4.78, 5) is 31.2. The Hall–Kier alpha value is -2.83. The molecule has 166 valence electrons. The summed E-state index contributed by atoms with van der Waals surface area (Å²) in [6, 6.07) is 6.18. The SMILES string of the molecule is CCC(C)(C)c1ccc2c(c1)N(Cc1nc(C(=O)NC3CCCCC3)co1)C(=O)CO2. The summed E-state index contributed by atoms with van der Waals surface area (Å²) >= 11 is 0. The highest BCUT2D eigenvalue weighted by Gasteiger charge is 2.30. The molecule has 1 N–H and O–H groups in total. The predicted octanol–water partition coefficient (Wildman–Crippen LogP) is 4.35. The van der Waals surface area contributed by atoms with E-state index in [-0.39, 0.29) is 42.1 Å².